The average Bonchev–Trinajstić information content (AvgIpc) is 3.16. The largest absolute Gasteiger partial charge is 0.353 e. The Kier molecular flexibility index (Phi) is 2.76. The maximum Gasteiger partial charge on any atom is 0.129 e. The molecule has 2 nitrogen and oxygen atoms in total. The molecule has 86 valence electrons. The van der Waals surface area contributed by atoms with Crippen molar-refractivity contribution in [3.8, 4) is 0 Å². The predicted molar refractivity (Wildman–Crippen MR) is 66.9 cm³/mol. The molecule has 2 saturated carbocycles. The zero-order chi connectivity index (χ0) is 11.0. The summed E-state index contributed by atoms with van der Waals surface area (Å²) >= 11 is 5.84. The summed E-state index contributed by atoms with van der Waals surface area (Å²) in [5.74, 6) is 2.56. The molecule has 0 aliphatic heterocycles. The monoisotopic (exact) mass is 236 g/mol. The van der Waals surface area contributed by atoms with Gasteiger partial charge in [0.2, 0.25) is 0 Å². The van der Waals surface area contributed by atoms with E-state index in [1.54, 1.807) is 0 Å². The van der Waals surface area contributed by atoms with Crippen molar-refractivity contribution in [2.75, 3.05) is 11.4 Å². The summed E-state index contributed by atoms with van der Waals surface area (Å²) in [4.78, 5) is 7.12. The summed E-state index contributed by atoms with van der Waals surface area (Å²) in [5.41, 5.74) is 0.987. The van der Waals surface area contributed by atoms with Crippen molar-refractivity contribution in [3.05, 3.63) is 23.9 Å². The first kappa shape index (κ1) is 10.4. The number of hydrogen-bond acceptors (Lipinski definition) is 2. The van der Waals surface area contributed by atoms with Crippen molar-refractivity contribution in [3.63, 3.8) is 0 Å². The van der Waals surface area contributed by atoms with Crippen molar-refractivity contribution >= 4 is 17.4 Å². The van der Waals surface area contributed by atoms with Crippen LogP contribution in [0.2, 0.25) is 0 Å². The van der Waals surface area contributed by atoms with E-state index in [0.29, 0.717) is 5.88 Å². The first-order chi connectivity index (χ1) is 7.86. The van der Waals surface area contributed by atoms with Gasteiger partial charge in [-0.05, 0) is 43.7 Å². The molecule has 3 rings (SSSR count). The van der Waals surface area contributed by atoms with Gasteiger partial charge in [-0.2, -0.15) is 0 Å². The third kappa shape index (κ3) is 2.32. The SMILES string of the molecule is ClCc1cccc(N(CC2CC2)C2CC2)n1. The zero-order valence-electron chi connectivity index (χ0n) is 9.40. The summed E-state index contributed by atoms with van der Waals surface area (Å²) < 4.78 is 0. The number of anilines is 1. The fourth-order valence-corrected chi connectivity index (χ4v) is 2.24. The predicted octanol–water partition coefficient (Wildman–Crippen LogP) is 3.20. The lowest BCUT2D eigenvalue weighted by atomic mass is 10.3. The van der Waals surface area contributed by atoms with Crippen LogP contribution in [0.4, 0.5) is 5.82 Å². The Morgan fingerprint density at radius 3 is 2.69 bits per heavy atom. The fraction of sp³-hybridized carbons (Fsp3) is 0.615. The van der Waals surface area contributed by atoms with Gasteiger partial charge in [0, 0.05) is 12.6 Å². The van der Waals surface area contributed by atoms with Crippen molar-refractivity contribution in [2.24, 2.45) is 5.92 Å². The Labute approximate surface area is 102 Å². The van der Waals surface area contributed by atoms with Crippen LogP contribution in [0.15, 0.2) is 18.2 Å². The number of alkyl halides is 1. The topological polar surface area (TPSA) is 16.1 Å². The molecule has 16 heavy (non-hydrogen) atoms. The molecule has 0 unspecified atom stereocenters. The van der Waals surface area contributed by atoms with Crippen molar-refractivity contribution in [1.29, 1.82) is 0 Å². The zero-order valence-corrected chi connectivity index (χ0v) is 10.2. The molecule has 0 N–H and O–H groups in total. The summed E-state index contributed by atoms with van der Waals surface area (Å²) in [7, 11) is 0. The minimum absolute atomic E-state index is 0.510. The molecule has 0 atom stereocenters. The van der Waals surface area contributed by atoms with Gasteiger partial charge in [-0.15, -0.1) is 11.6 Å². The molecule has 0 saturated heterocycles. The quantitative estimate of drug-likeness (QED) is 0.730. The Morgan fingerprint density at radius 2 is 2.06 bits per heavy atom. The van der Waals surface area contributed by atoms with Gasteiger partial charge in [0.25, 0.3) is 0 Å². The standard InChI is InChI=1S/C13H17ClN2/c14-8-11-2-1-3-13(15-11)16(12-6-7-12)9-10-4-5-10/h1-3,10,12H,4-9H2. The van der Waals surface area contributed by atoms with E-state index in [1.807, 2.05) is 6.07 Å². The van der Waals surface area contributed by atoms with Gasteiger partial charge in [-0.25, -0.2) is 4.98 Å². The van der Waals surface area contributed by atoms with Crippen LogP contribution < -0.4 is 4.90 Å². The lowest BCUT2D eigenvalue weighted by Crippen LogP contribution is -2.29. The molecule has 1 aromatic heterocycles. The maximum atomic E-state index is 5.84. The maximum absolute atomic E-state index is 5.84. The normalized spacial score (nSPS) is 19.8. The summed E-state index contributed by atoms with van der Waals surface area (Å²) in [5, 5.41) is 0. The summed E-state index contributed by atoms with van der Waals surface area (Å²) in [6.07, 6.45) is 5.47. The van der Waals surface area contributed by atoms with Crippen LogP contribution in [0.3, 0.4) is 0 Å². The summed E-state index contributed by atoms with van der Waals surface area (Å²) in [6, 6.07) is 6.94. The first-order valence-corrected chi connectivity index (χ1v) is 6.69. The summed E-state index contributed by atoms with van der Waals surface area (Å²) in [6.45, 7) is 1.20. The van der Waals surface area contributed by atoms with Crippen LogP contribution in [0.5, 0.6) is 0 Å². The molecular formula is C13H17ClN2. The molecule has 2 fully saturated rings. The molecule has 2 aliphatic carbocycles. The molecular weight excluding hydrogens is 220 g/mol. The number of halogens is 1. The average molecular weight is 237 g/mol. The van der Waals surface area contributed by atoms with Gasteiger partial charge in [0.05, 0.1) is 11.6 Å². The Morgan fingerprint density at radius 1 is 1.25 bits per heavy atom. The first-order valence-electron chi connectivity index (χ1n) is 6.15. The highest BCUT2D eigenvalue weighted by atomic mass is 35.5. The molecule has 1 heterocycles. The van der Waals surface area contributed by atoms with Crippen LogP contribution in [0.25, 0.3) is 0 Å². The highest BCUT2D eigenvalue weighted by Gasteiger charge is 2.34. The fourth-order valence-electron chi connectivity index (χ4n) is 2.10. The van der Waals surface area contributed by atoms with E-state index < -0.39 is 0 Å². The van der Waals surface area contributed by atoms with Crippen molar-refractivity contribution in [1.82, 2.24) is 4.98 Å². The van der Waals surface area contributed by atoms with E-state index in [2.05, 4.69) is 22.0 Å². The minimum atomic E-state index is 0.510. The van der Waals surface area contributed by atoms with Gasteiger partial charge in [-0.3, -0.25) is 0 Å². The molecule has 0 radical (unpaired) electrons. The Bertz CT molecular complexity index is 372. The van der Waals surface area contributed by atoms with E-state index >= 15 is 0 Å². The van der Waals surface area contributed by atoms with E-state index in [-0.39, 0.29) is 0 Å². The number of pyridine rings is 1. The molecule has 2 aliphatic rings. The third-order valence-corrected chi connectivity index (χ3v) is 3.64. The second kappa shape index (κ2) is 4.25. The second-order valence-electron chi connectivity index (χ2n) is 4.95. The van der Waals surface area contributed by atoms with E-state index in [1.165, 1.54) is 32.2 Å². The van der Waals surface area contributed by atoms with Crippen LogP contribution >= 0.6 is 11.6 Å². The number of aromatic nitrogens is 1. The van der Waals surface area contributed by atoms with Gasteiger partial charge in [0.1, 0.15) is 5.82 Å². The lowest BCUT2D eigenvalue weighted by molar-refractivity contribution is 0.707. The lowest BCUT2D eigenvalue weighted by Gasteiger charge is -2.23. The molecule has 0 bridgehead atoms. The van der Waals surface area contributed by atoms with Crippen LogP contribution in [-0.2, 0) is 5.88 Å². The van der Waals surface area contributed by atoms with Gasteiger partial charge >= 0.3 is 0 Å². The third-order valence-electron chi connectivity index (χ3n) is 3.36. The second-order valence-corrected chi connectivity index (χ2v) is 5.21. The molecule has 0 amide bonds. The van der Waals surface area contributed by atoms with Crippen LogP contribution in [0.1, 0.15) is 31.4 Å². The number of nitrogens with zero attached hydrogens (tertiary/aromatic N) is 2. The van der Waals surface area contributed by atoms with Crippen molar-refractivity contribution < 1.29 is 0 Å². The molecule has 1 aromatic rings. The Balaban J connectivity index is 1.79. The van der Waals surface area contributed by atoms with E-state index in [9.17, 15) is 0 Å². The highest BCUT2D eigenvalue weighted by Crippen LogP contribution is 2.37. The smallest absolute Gasteiger partial charge is 0.129 e. The van der Waals surface area contributed by atoms with E-state index in [4.69, 9.17) is 11.6 Å². The van der Waals surface area contributed by atoms with Gasteiger partial charge in [-0.1, -0.05) is 6.07 Å². The van der Waals surface area contributed by atoms with Crippen LogP contribution in [-0.4, -0.2) is 17.6 Å². The van der Waals surface area contributed by atoms with Gasteiger partial charge < -0.3 is 4.90 Å². The van der Waals surface area contributed by atoms with Crippen LogP contribution in [0, 0.1) is 5.92 Å². The molecule has 0 spiro atoms. The molecule has 3 heteroatoms. The van der Waals surface area contributed by atoms with Crippen molar-refractivity contribution in [2.45, 2.75) is 37.6 Å². The molecule has 0 aromatic carbocycles. The minimum Gasteiger partial charge on any atom is -0.353 e. The highest BCUT2D eigenvalue weighted by molar-refractivity contribution is 6.16. The number of hydrogen-bond donors (Lipinski definition) is 0. The van der Waals surface area contributed by atoms with Gasteiger partial charge in [0.15, 0.2) is 0 Å². The Hall–Kier alpha value is -0.760. The van der Waals surface area contributed by atoms with E-state index in [0.717, 1.165) is 23.5 Å². The number of rotatable bonds is 5.